The SMILES string of the molecule is Cc1c(O)c(-c2cccc(F)c2F)nn1C(C)C. The normalized spacial score (nSPS) is 11.2. The van der Waals surface area contributed by atoms with E-state index in [1.165, 1.54) is 12.1 Å². The van der Waals surface area contributed by atoms with Gasteiger partial charge in [0.1, 0.15) is 5.69 Å². The molecule has 1 aromatic carbocycles. The first kappa shape index (κ1) is 12.5. The molecule has 0 aliphatic carbocycles. The maximum absolute atomic E-state index is 13.7. The fourth-order valence-corrected chi connectivity index (χ4v) is 1.88. The highest BCUT2D eigenvalue weighted by atomic mass is 19.2. The van der Waals surface area contributed by atoms with Crippen molar-refractivity contribution >= 4 is 0 Å². The second kappa shape index (κ2) is 4.40. The minimum atomic E-state index is -0.999. The largest absolute Gasteiger partial charge is 0.504 e. The Hall–Kier alpha value is -1.91. The minimum Gasteiger partial charge on any atom is -0.504 e. The molecule has 0 amide bonds. The number of hydrogen-bond acceptors (Lipinski definition) is 2. The number of nitrogens with zero attached hydrogens (tertiary/aromatic N) is 2. The molecule has 1 heterocycles. The van der Waals surface area contributed by atoms with E-state index in [0.29, 0.717) is 5.69 Å². The summed E-state index contributed by atoms with van der Waals surface area (Å²) in [5.74, 6) is -2.07. The van der Waals surface area contributed by atoms with Crippen LogP contribution in [0.5, 0.6) is 5.75 Å². The molecule has 96 valence electrons. The highest BCUT2D eigenvalue weighted by Gasteiger charge is 2.20. The predicted octanol–water partition coefficient (Wildman–Crippen LogP) is 3.42. The van der Waals surface area contributed by atoms with Gasteiger partial charge in [-0.3, -0.25) is 4.68 Å². The predicted molar refractivity (Wildman–Crippen MR) is 64.4 cm³/mol. The van der Waals surface area contributed by atoms with Crippen LogP contribution >= 0.6 is 0 Å². The van der Waals surface area contributed by atoms with Crippen LogP contribution in [0.25, 0.3) is 11.3 Å². The Kier molecular flexibility index (Phi) is 3.07. The molecule has 2 rings (SSSR count). The van der Waals surface area contributed by atoms with E-state index in [-0.39, 0.29) is 23.0 Å². The molecular weight excluding hydrogens is 238 g/mol. The van der Waals surface area contributed by atoms with Crippen molar-refractivity contribution in [1.29, 1.82) is 0 Å². The fraction of sp³-hybridized carbons (Fsp3) is 0.308. The van der Waals surface area contributed by atoms with Crippen LogP contribution in [-0.4, -0.2) is 14.9 Å². The zero-order valence-corrected chi connectivity index (χ0v) is 10.4. The Morgan fingerprint density at radius 2 is 1.94 bits per heavy atom. The summed E-state index contributed by atoms with van der Waals surface area (Å²) in [6, 6.07) is 3.84. The zero-order valence-electron chi connectivity index (χ0n) is 10.4. The molecule has 0 bridgehead atoms. The summed E-state index contributed by atoms with van der Waals surface area (Å²) in [5, 5.41) is 14.1. The van der Waals surface area contributed by atoms with Crippen LogP contribution in [0.15, 0.2) is 18.2 Å². The van der Waals surface area contributed by atoms with Gasteiger partial charge < -0.3 is 5.11 Å². The first-order chi connectivity index (χ1) is 8.43. The topological polar surface area (TPSA) is 38.1 Å². The van der Waals surface area contributed by atoms with Crippen molar-refractivity contribution in [3.8, 4) is 17.0 Å². The molecule has 3 nitrogen and oxygen atoms in total. The average Bonchev–Trinajstić information content (AvgIpc) is 2.61. The van der Waals surface area contributed by atoms with Crippen LogP contribution in [0.4, 0.5) is 8.78 Å². The Labute approximate surface area is 104 Å². The third kappa shape index (κ3) is 1.85. The van der Waals surface area contributed by atoms with Gasteiger partial charge in [0.25, 0.3) is 0 Å². The smallest absolute Gasteiger partial charge is 0.168 e. The van der Waals surface area contributed by atoms with Gasteiger partial charge in [0.2, 0.25) is 0 Å². The molecule has 2 aromatic rings. The first-order valence-electron chi connectivity index (χ1n) is 5.66. The van der Waals surface area contributed by atoms with Gasteiger partial charge in [-0.05, 0) is 32.9 Å². The number of benzene rings is 1. The van der Waals surface area contributed by atoms with E-state index in [4.69, 9.17) is 0 Å². The van der Waals surface area contributed by atoms with E-state index in [2.05, 4.69) is 5.10 Å². The second-order valence-corrected chi connectivity index (χ2v) is 4.42. The molecule has 0 fully saturated rings. The van der Waals surface area contributed by atoms with Crippen LogP contribution in [0.1, 0.15) is 25.6 Å². The quantitative estimate of drug-likeness (QED) is 0.889. The lowest BCUT2D eigenvalue weighted by molar-refractivity contribution is 0.461. The van der Waals surface area contributed by atoms with Crippen LogP contribution in [0, 0.1) is 18.6 Å². The van der Waals surface area contributed by atoms with E-state index in [0.717, 1.165) is 6.07 Å². The molecular formula is C13H14F2N2O. The van der Waals surface area contributed by atoms with Crippen molar-refractivity contribution in [3.05, 3.63) is 35.5 Å². The molecule has 0 radical (unpaired) electrons. The zero-order chi connectivity index (χ0) is 13.4. The van der Waals surface area contributed by atoms with Crippen molar-refractivity contribution in [3.63, 3.8) is 0 Å². The van der Waals surface area contributed by atoms with Crippen LogP contribution in [0.3, 0.4) is 0 Å². The van der Waals surface area contributed by atoms with Crippen molar-refractivity contribution in [2.75, 3.05) is 0 Å². The van der Waals surface area contributed by atoms with Gasteiger partial charge >= 0.3 is 0 Å². The third-order valence-electron chi connectivity index (χ3n) is 2.81. The third-order valence-corrected chi connectivity index (χ3v) is 2.81. The van der Waals surface area contributed by atoms with Crippen molar-refractivity contribution < 1.29 is 13.9 Å². The van der Waals surface area contributed by atoms with Crippen molar-refractivity contribution in [2.24, 2.45) is 0 Å². The second-order valence-electron chi connectivity index (χ2n) is 4.42. The minimum absolute atomic E-state index is 0.0290. The Bertz CT molecular complexity index is 591. The van der Waals surface area contributed by atoms with E-state index in [1.54, 1.807) is 11.6 Å². The highest BCUT2D eigenvalue weighted by Crippen LogP contribution is 2.34. The number of hydrogen-bond donors (Lipinski definition) is 1. The molecule has 0 saturated heterocycles. The van der Waals surface area contributed by atoms with Gasteiger partial charge in [-0.25, -0.2) is 8.78 Å². The number of rotatable bonds is 2. The summed E-state index contributed by atoms with van der Waals surface area (Å²) < 4.78 is 28.4. The summed E-state index contributed by atoms with van der Waals surface area (Å²) in [4.78, 5) is 0. The summed E-state index contributed by atoms with van der Waals surface area (Å²) in [6.07, 6.45) is 0. The number of halogens is 2. The lowest BCUT2D eigenvalue weighted by atomic mass is 10.1. The summed E-state index contributed by atoms with van der Waals surface area (Å²) in [5.41, 5.74) is 0.567. The number of aromatic nitrogens is 2. The molecule has 18 heavy (non-hydrogen) atoms. The van der Waals surface area contributed by atoms with Gasteiger partial charge in [0.15, 0.2) is 17.4 Å². The van der Waals surface area contributed by atoms with Crippen molar-refractivity contribution in [1.82, 2.24) is 9.78 Å². The van der Waals surface area contributed by atoms with Crippen molar-refractivity contribution in [2.45, 2.75) is 26.8 Å². The maximum Gasteiger partial charge on any atom is 0.168 e. The molecule has 1 N–H and O–H groups in total. The molecule has 0 spiro atoms. The van der Waals surface area contributed by atoms with E-state index in [1.807, 2.05) is 13.8 Å². The molecule has 5 heteroatoms. The molecule has 0 unspecified atom stereocenters. The van der Waals surface area contributed by atoms with E-state index in [9.17, 15) is 13.9 Å². The van der Waals surface area contributed by atoms with E-state index < -0.39 is 11.6 Å². The van der Waals surface area contributed by atoms with Gasteiger partial charge in [-0.1, -0.05) is 6.07 Å². The monoisotopic (exact) mass is 252 g/mol. The summed E-state index contributed by atoms with van der Waals surface area (Å²) in [6.45, 7) is 5.47. The lowest BCUT2D eigenvalue weighted by Crippen LogP contribution is -2.04. The van der Waals surface area contributed by atoms with Gasteiger partial charge in [0, 0.05) is 11.6 Å². The average molecular weight is 252 g/mol. The first-order valence-corrected chi connectivity index (χ1v) is 5.66. The Morgan fingerprint density at radius 1 is 1.28 bits per heavy atom. The van der Waals surface area contributed by atoms with Gasteiger partial charge in [-0.2, -0.15) is 5.10 Å². The fourth-order valence-electron chi connectivity index (χ4n) is 1.88. The Balaban J connectivity index is 2.65. The van der Waals surface area contributed by atoms with Crippen LogP contribution in [0.2, 0.25) is 0 Å². The highest BCUT2D eigenvalue weighted by molar-refractivity contribution is 5.67. The van der Waals surface area contributed by atoms with Gasteiger partial charge in [-0.15, -0.1) is 0 Å². The van der Waals surface area contributed by atoms with Gasteiger partial charge in [0.05, 0.1) is 5.69 Å². The number of aromatic hydroxyl groups is 1. The summed E-state index contributed by atoms with van der Waals surface area (Å²) in [7, 11) is 0. The molecule has 1 aromatic heterocycles. The summed E-state index contributed by atoms with van der Waals surface area (Å²) >= 11 is 0. The Morgan fingerprint density at radius 3 is 2.50 bits per heavy atom. The molecule has 0 aliphatic rings. The molecule has 0 atom stereocenters. The molecule has 0 aliphatic heterocycles. The van der Waals surface area contributed by atoms with Crippen LogP contribution < -0.4 is 0 Å². The standard InChI is InChI=1S/C13H14F2N2O/c1-7(2)17-8(3)13(18)12(16-17)9-5-4-6-10(14)11(9)15/h4-7,18H,1-3H3. The molecule has 0 saturated carbocycles. The lowest BCUT2D eigenvalue weighted by Gasteiger charge is -2.06. The maximum atomic E-state index is 13.7. The van der Waals surface area contributed by atoms with Crippen LogP contribution in [-0.2, 0) is 0 Å². The van der Waals surface area contributed by atoms with E-state index >= 15 is 0 Å².